The SMILES string of the molecule is COc1ccc2c(c1)CCC1(C)C(C)C=C(O)C(C)C21. The largest absolute Gasteiger partial charge is 0.512 e. The fourth-order valence-electron chi connectivity index (χ4n) is 4.26. The van der Waals surface area contributed by atoms with E-state index in [0.717, 1.165) is 12.2 Å². The molecule has 0 bridgehead atoms. The van der Waals surface area contributed by atoms with Crippen LogP contribution in [0.2, 0.25) is 0 Å². The standard InChI is InChI=1S/C18H24O2/c1-11-9-16(19)12(2)17-15-6-5-14(20-4)10-13(15)7-8-18(11,17)3/h5-6,9-12,17,19H,7-8H2,1-4H3. The summed E-state index contributed by atoms with van der Waals surface area (Å²) in [7, 11) is 1.72. The van der Waals surface area contributed by atoms with Crippen molar-refractivity contribution in [3.05, 3.63) is 41.2 Å². The van der Waals surface area contributed by atoms with Crippen molar-refractivity contribution in [2.45, 2.75) is 39.5 Å². The van der Waals surface area contributed by atoms with E-state index in [9.17, 15) is 5.11 Å². The minimum Gasteiger partial charge on any atom is -0.512 e. The Morgan fingerprint density at radius 1 is 1.30 bits per heavy atom. The number of methoxy groups -OCH3 is 1. The normalized spacial score (nSPS) is 35.8. The van der Waals surface area contributed by atoms with Crippen LogP contribution >= 0.6 is 0 Å². The molecule has 0 radical (unpaired) electrons. The lowest BCUT2D eigenvalue weighted by molar-refractivity contribution is 0.0891. The van der Waals surface area contributed by atoms with Gasteiger partial charge in [0, 0.05) is 5.92 Å². The average Bonchev–Trinajstić information content (AvgIpc) is 2.44. The maximum atomic E-state index is 10.3. The molecule has 0 heterocycles. The van der Waals surface area contributed by atoms with Crippen molar-refractivity contribution in [1.29, 1.82) is 0 Å². The Balaban J connectivity index is 2.12. The molecule has 0 aliphatic heterocycles. The highest BCUT2D eigenvalue weighted by molar-refractivity contribution is 5.43. The van der Waals surface area contributed by atoms with Crippen LogP contribution in [0.1, 0.15) is 44.2 Å². The van der Waals surface area contributed by atoms with Gasteiger partial charge in [0.05, 0.1) is 12.9 Å². The van der Waals surface area contributed by atoms with Gasteiger partial charge in [-0.15, -0.1) is 0 Å². The molecule has 0 saturated heterocycles. The third-order valence-electron chi connectivity index (χ3n) is 5.76. The van der Waals surface area contributed by atoms with Crippen molar-refractivity contribution in [2.75, 3.05) is 7.11 Å². The molecule has 4 atom stereocenters. The zero-order chi connectivity index (χ0) is 14.5. The van der Waals surface area contributed by atoms with Crippen LogP contribution in [-0.4, -0.2) is 12.2 Å². The lowest BCUT2D eigenvalue weighted by Gasteiger charge is -2.51. The number of hydrogen-bond acceptors (Lipinski definition) is 2. The summed E-state index contributed by atoms with van der Waals surface area (Å²) in [6.07, 6.45) is 4.34. The van der Waals surface area contributed by atoms with E-state index in [1.54, 1.807) is 7.11 Å². The number of benzene rings is 1. The fourth-order valence-corrected chi connectivity index (χ4v) is 4.26. The highest BCUT2D eigenvalue weighted by atomic mass is 16.5. The minimum atomic E-state index is 0.198. The molecule has 1 N–H and O–H groups in total. The van der Waals surface area contributed by atoms with Crippen molar-refractivity contribution in [3.8, 4) is 5.75 Å². The zero-order valence-corrected chi connectivity index (χ0v) is 12.8. The Morgan fingerprint density at radius 3 is 2.75 bits per heavy atom. The van der Waals surface area contributed by atoms with Crippen LogP contribution in [-0.2, 0) is 6.42 Å². The lowest BCUT2D eigenvalue weighted by atomic mass is 9.53. The molecule has 2 aliphatic rings. The molecule has 3 rings (SSSR count). The van der Waals surface area contributed by atoms with Gasteiger partial charge in [0.15, 0.2) is 0 Å². The van der Waals surface area contributed by atoms with Gasteiger partial charge in [-0.2, -0.15) is 0 Å². The molecule has 4 unspecified atom stereocenters. The molecule has 0 aromatic heterocycles. The van der Waals surface area contributed by atoms with Gasteiger partial charge in [-0.1, -0.05) is 26.8 Å². The highest BCUT2D eigenvalue weighted by Gasteiger charge is 2.48. The summed E-state index contributed by atoms with van der Waals surface area (Å²) >= 11 is 0. The Morgan fingerprint density at radius 2 is 2.05 bits per heavy atom. The first kappa shape index (κ1) is 13.5. The van der Waals surface area contributed by atoms with Gasteiger partial charge in [-0.3, -0.25) is 0 Å². The molecule has 0 saturated carbocycles. The zero-order valence-electron chi connectivity index (χ0n) is 12.8. The predicted octanol–water partition coefficient (Wildman–Crippen LogP) is 4.46. The number of ether oxygens (including phenoxy) is 1. The summed E-state index contributed by atoms with van der Waals surface area (Å²) in [4.78, 5) is 0. The average molecular weight is 272 g/mol. The number of aliphatic hydroxyl groups is 1. The Bertz CT molecular complexity index is 561. The van der Waals surface area contributed by atoms with Crippen LogP contribution in [0, 0.1) is 17.3 Å². The van der Waals surface area contributed by atoms with Crippen LogP contribution in [0.25, 0.3) is 0 Å². The molecule has 20 heavy (non-hydrogen) atoms. The van der Waals surface area contributed by atoms with Crippen molar-refractivity contribution in [2.24, 2.45) is 17.3 Å². The second kappa shape index (κ2) is 4.54. The summed E-state index contributed by atoms with van der Waals surface area (Å²) in [5.74, 6) is 2.51. The molecule has 1 aromatic carbocycles. The van der Waals surface area contributed by atoms with E-state index in [0.29, 0.717) is 17.6 Å². The second-order valence-electron chi connectivity index (χ2n) is 6.72. The summed E-state index contributed by atoms with van der Waals surface area (Å²) in [6.45, 7) is 6.78. The van der Waals surface area contributed by atoms with E-state index >= 15 is 0 Å². The molecule has 1 aromatic rings. The number of allylic oxidation sites excluding steroid dienone is 2. The Labute approximate surface area is 121 Å². The van der Waals surface area contributed by atoms with Gasteiger partial charge < -0.3 is 9.84 Å². The number of hydrogen-bond donors (Lipinski definition) is 1. The monoisotopic (exact) mass is 272 g/mol. The van der Waals surface area contributed by atoms with Gasteiger partial charge in [0.25, 0.3) is 0 Å². The minimum absolute atomic E-state index is 0.198. The van der Waals surface area contributed by atoms with Crippen LogP contribution in [0.3, 0.4) is 0 Å². The Kier molecular flexibility index (Phi) is 3.07. The molecule has 2 aliphatic carbocycles. The summed E-state index contributed by atoms with van der Waals surface area (Å²) in [5.41, 5.74) is 3.03. The molecular formula is C18H24O2. The third kappa shape index (κ3) is 1.77. The van der Waals surface area contributed by atoms with Gasteiger partial charge >= 0.3 is 0 Å². The first-order valence-electron chi connectivity index (χ1n) is 7.55. The van der Waals surface area contributed by atoms with E-state index in [1.807, 2.05) is 0 Å². The van der Waals surface area contributed by atoms with Crippen LogP contribution in [0.5, 0.6) is 5.75 Å². The molecule has 0 fully saturated rings. The van der Waals surface area contributed by atoms with Crippen molar-refractivity contribution >= 4 is 0 Å². The van der Waals surface area contributed by atoms with Gasteiger partial charge in [-0.25, -0.2) is 0 Å². The number of aliphatic hydroxyl groups excluding tert-OH is 1. The van der Waals surface area contributed by atoms with Crippen LogP contribution < -0.4 is 4.74 Å². The van der Waals surface area contributed by atoms with E-state index < -0.39 is 0 Å². The van der Waals surface area contributed by atoms with Crippen LogP contribution in [0.15, 0.2) is 30.0 Å². The van der Waals surface area contributed by atoms with Crippen molar-refractivity contribution in [1.82, 2.24) is 0 Å². The molecule has 0 amide bonds. The first-order chi connectivity index (χ1) is 9.47. The van der Waals surface area contributed by atoms with Gasteiger partial charge in [0.1, 0.15) is 5.75 Å². The maximum absolute atomic E-state index is 10.3. The van der Waals surface area contributed by atoms with E-state index in [4.69, 9.17) is 4.74 Å². The predicted molar refractivity (Wildman–Crippen MR) is 81.2 cm³/mol. The van der Waals surface area contributed by atoms with E-state index in [2.05, 4.69) is 45.0 Å². The van der Waals surface area contributed by atoms with E-state index in [1.165, 1.54) is 17.5 Å². The quantitative estimate of drug-likeness (QED) is 0.818. The molecule has 0 spiro atoms. The fraction of sp³-hybridized carbons (Fsp3) is 0.556. The second-order valence-corrected chi connectivity index (χ2v) is 6.72. The van der Waals surface area contributed by atoms with Crippen molar-refractivity contribution < 1.29 is 9.84 Å². The molecular weight excluding hydrogens is 248 g/mol. The van der Waals surface area contributed by atoms with E-state index in [-0.39, 0.29) is 11.3 Å². The van der Waals surface area contributed by atoms with Gasteiger partial charge in [0.2, 0.25) is 0 Å². The van der Waals surface area contributed by atoms with Crippen molar-refractivity contribution in [3.63, 3.8) is 0 Å². The number of aryl methyl sites for hydroxylation is 1. The lowest BCUT2D eigenvalue weighted by Crippen LogP contribution is -2.42. The summed E-state index contributed by atoms with van der Waals surface area (Å²) in [5, 5.41) is 10.3. The number of fused-ring (bicyclic) bond motifs is 3. The topological polar surface area (TPSA) is 29.5 Å². The first-order valence-corrected chi connectivity index (χ1v) is 7.55. The third-order valence-corrected chi connectivity index (χ3v) is 5.76. The molecule has 2 heteroatoms. The smallest absolute Gasteiger partial charge is 0.119 e. The number of rotatable bonds is 1. The maximum Gasteiger partial charge on any atom is 0.119 e. The summed E-state index contributed by atoms with van der Waals surface area (Å²) in [6, 6.07) is 6.43. The molecule has 2 nitrogen and oxygen atoms in total. The highest BCUT2D eigenvalue weighted by Crippen LogP contribution is 2.57. The van der Waals surface area contributed by atoms with Crippen LogP contribution in [0.4, 0.5) is 0 Å². The Hall–Kier alpha value is -1.44. The van der Waals surface area contributed by atoms with Gasteiger partial charge in [-0.05, 0) is 59.4 Å². The summed E-state index contributed by atoms with van der Waals surface area (Å²) < 4.78 is 5.35. The molecule has 108 valence electrons.